The fraction of sp³-hybridized carbons (Fsp3) is 0.381. The number of nitrogens with zero attached hydrogens (tertiary/aromatic N) is 1. The van der Waals surface area contributed by atoms with Crippen LogP contribution in [0.1, 0.15) is 46.0 Å². The van der Waals surface area contributed by atoms with Crippen molar-refractivity contribution in [1.29, 1.82) is 0 Å². The lowest BCUT2D eigenvalue weighted by molar-refractivity contribution is -0.140. The summed E-state index contributed by atoms with van der Waals surface area (Å²) in [5.74, 6) is -0.835. The van der Waals surface area contributed by atoms with Gasteiger partial charge in [-0.1, -0.05) is 18.2 Å². The third kappa shape index (κ3) is 3.40. The summed E-state index contributed by atoms with van der Waals surface area (Å²) in [5.41, 5.74) is 0.633. The molecule has 1 unspecified atom stereocenters. The van der Waals surface area contributed by atoms with E-state index < -0.39 is 11.6 Å². The van der Waals surface area contributed by atoms with Crippen molar-refractivity contribution in [3.63, 3.8) is 0 Å². The second kappa shape index (κ2) is 7.14. The number of benzene rings is 1. The first-order chi connectivity index (χ1) is 13.5. The Morgan fingerprint density at radius 3 is 2.64 bits per heavy atom. The van der Waals surface area contributed by atoms with Gasteiger partial charge in [-0.25, -0.2) is 4.79 Å². The summed E-state index contributed by atoms with van der Waals surface area (Å²) in [6, 6.07) is 8.77. The Hall–Kier alpha value is -3.09. The minimum absolute atomic E-state index is 0.0615. The number of piperidine rings is 1. The number of ether oxygens (including phenoxy) is 1. The molecule has 0 saturated carbocycles. The second-order valence-electron chi connectivity index (χ2n) is 7.51. The standard InChI is InChI=1S/C21H22N2O5/c1-21(12-14-4-2-3-5-17(14)19(25)28-21)20(26)22-16-6-9-23(10-7-16)18(24)15-8-11-27-13-15/h2-5,8,11,13,16H,6-7,9-10,12H2,1H3,(H,22,26). The Kier molecular flexibility index (Phi) is 4.66. The zero-order valence-corrected chi connectivity index (χ0v) is 15.6. The van der Waals surface area contributed by atoms with Gasteiger partial charge in [0.1, 0.15) is 6.26 Å². The quantitative estimate of drug-likeness (QED) is 0.822. The molecule has 2 amide bonds. The van der Waals surface area contributed by atoms with Crippen molar-refractivity contribution >= 4 is 17.8 Å². The fourth-order valence-corrected chi connectivity index (χ4v) is 3.79. The average Bonchev–Trinajstić information content (AvgIpc) is 3.23. The number of cyclic esters (lactones) is 1. The molecule has 7 nitrogen and oxygen atoms in total. The highest BCUT2D eigenvalue weighted by Crippen LogP contribution is 2.28. The number of amides is 2. The van der Waals surface area contributed by atoms with Crippen LogP contribution >= 0.6 is 0 Å². The molecule has 2 aliphatic rings. The van der Waals surface area contributed by atoms with Crippen LogP contribution in [0.15, 0.2) is 47.3 Å². The first-order valence-electron chi connectivity index (χ1n) is 9.40. The summed E-state index contributed by atoms with van der Waals surface area (Å²) < 4.78 is 10.5. The molecule has 4 rings (SSSR count). The van der Waals surface area contributed by atoms with Crippen molar-refractivity contribution in [1.82, 2.24) is 10.2 Å². The zero-order valence-electron chi connectivity index (χ0n) is 15.6. The van der Waals surface area contributed by atoms with Gasteiger partial charge in [-0.3, -0.25) is 9.59 Å². The van der Waals surface area contributed by atoms with Crippen LogP contribution in [0, 0.1) is 0 Å². The maximum atomic E-state index is 12.9. The number of carbonyl (C=O) groups is 3. The molecule has 7 heteroatoms. The molecule has 1 aromatic carbocycles. The number of esters is 1. The van der Waals surface area contributed by atoms with Gasteiger partial charge in [0, 0.05) is 25.6 Å². The van der Waals surface area contributed by atoms with Crippen LogP contribution in [0.4, 0.5) is 0 Å². The molecule has 0 spiro atoms. The maximum absolute atomic E-state index is 12.9. The van der Waals surface area contributed by atoms with Crippen LogP contribution < -0.4 is 5.32 Å². The molecular weight excluding hydrogens is 360 g/mol. The smallest absolute Gasteiger partial charge is 0.339 e. The predicted octanol–water partition coefficient (Wildman–Crippen LogP) is 2.17. The van der Waals surface area contributed by atoms with E-state index in [9.17, 15) is 14.4 Å². The van der Waals surface area contributed by atoms with Gasteiger partial charge >= 0.3 is 5.97 Å². The Morgan fingerprint density at radius 1 is 1.18 bits per heavy atom. The molecule has 1 aromatic heterocycles. The second-order valence-corrected chi connectivity index (χ2v) is 7.51. The molecular formula is C21H22N2O5. The van der Waals surface area contributed by atoms with E-state index in [2.05, 4.69) is 5.32 Å². The monoisotopic (exact) mass is 382 g/mol. The molecule has 2 aliphatic heterocycles. The first-order valence-corrected chi connectivity index (χ1v) is 9.40. The summed E-state index contributed by atoms with van der Waals surface area (Å²) >= 11 is 0. The van der Waals surface area contributed by atoms with Crippen LogP contribution in [0.2, 0.25) is 0 Å². The van der Waals surface area contributed by atoms with Gasteiger partial charge in [-0.15, -0.1) is 0 Å². The van der Waals surface area contributed by atoms with E-state index in [-0.39, 0.29) is 17.9 Å². The van der Waals surface area contributed by atoms with Crippen LogP contribution in [0.25, 0.3) is 0 Å². The SMILES string of the molecule is CC1(C(=O)NC2CCN(C(=O)c3ccoc3)CC2)Cc2ccccc2C(=O)O1. The van der Waals surface area contributed by atoms with Crippen molar-refractivity contribution in [3.05, 3.63) is 59.5 Å². The molecule has 0 aliphatic carbocycles. The van der Waals surface area contributed by atoms with E-state index in [1.54, 1.807) is 30.0 Å². The van der Waals surface area contributed by atoms with Gasteiger partial charge < -0.3 is 19.4 Å². The van der Waals surface area contributed by atoms with Crippen molar-refractivity contribution in [2.24, 2.45) is 0 Å². The Balaban J connectivity index is 1.36. The number of carbonyl (C=O) groups excluding carboxylic acids is 3. The lowest BCUT2D eigenvalue weighted by atomic mass is 9.89. The first kappa shape index (κ1) is 18.3. The van der Waals surface area contributed by atoms with E-state index >= 15 is 0 Å². The Labute approximate surface area is 162 Å². The molecule has 1 atom stereocenters. The highest BCUT2D eigenvalue weighted by molar-refractivity contribution is 5.97. The highest BCUT2D eigenvalue weighted by Gasteiger charge is 2.43. The average molecular weight is 382 g/mol. The molecule has 146 valence electrons. The van der Waals surface area contributed by atoms with Crippen molar-refractivity contribution in [2.75, 3.05) is 13.1 Å². The van der Waals surface area contributed by atoms with Crippen molar-refractivity contribution in [3.8, 4) is 0 Å². The van der Waals surface area contributed by atoms with Gasteiger partial charge in [-0.2, -0.15) is 0 Å². The van der Waals surface area contributed by atoms with Gasteiger partial charge in [-0.05, 0) is 37.5 Å². The van der Waals surface area contributed by atoms with Crippen LogP contribution in [0.3, 0.4) is 0 Å². The molecule has 28 heavy (non-hydrogen) atoms. The van der Waals surface area contributed by atoms with E-state index in [4.69, 9.17) is 9.15 Å². The van der Waals surface area contributed by atoms with Gasteiger partial charge in [0.05, 0.1) is 17.4 Å². The summed E-state index contributed by atoms with van der Waals surface area (Å²) in [5, 5.41) is 3.00. The minimum atomic E-state index is -1.23. The number of likely N-dealkylation sites (tertiary alicyclic amines) is 1. The lowest BCUT2D eigenvalue weighted by Crippen LogP contribution is -2.56. The van der Waals surface area contributed by atoms with Gasteiger partial charge in [0.2, 0.25) is 0 Å². The van der Waals surface area contributed by atoms with Crippen LogP contribution in [-0.2, 0) is 16.0 Å². The van der Waals surface area contributed by atoms with Crippen LogP contribution in [-0.4, -0.2) is 47.4 Å². The number of fused-ring (bicyclic) bond motifs is 1. The van der Waals surface area contributed by atoms with Gasteiger partial charge in [0.25, 0.3) is 11.8 Å². The van der Waals surface area contributed by atoms with E-state index in [1.807, 2.05) is 12.1 Å². The normalized spacial score (nSPS) is 22.3. The maximum Gasteiger partial charge on any atom is 0.339 e. The Morgan fingerprint density at radius 2 is 1.93 bits per heavy atom. The van der Waals surface area contributed by atoms with Gasteiger partial charge in [0.15, 0.2) is 5.60 Å². The molecule has 1 saturated heterocycles. The van der Waals surface area contributed by atoms with Crippen molar-refractivity contribution < 1.29 is 23.5 Å². The molecule has 1 N–H and O–H groups in total. The topological polar surface area (TPSA) is 88.9 Å². The molecule has 0 radical (unpaired) electrons. The summed E-state index contributed by atoms with van der Waals surface area (Å²) in [6.45, 7) is 2.75. The molecule has 0 bridgehead atoms. The number of hydrogen-bond acceptors (Lipinski definition) is 5. The highest BCUT2D eigenvalue weighted by atomic mass is 16.6. The minimum Gasteiger partial charge on any atom is -0.472 e. The summed E-state index contributed by atoms with van der Waals surface area (Å²) in [4.78, 5) is 39.3. The molecule has 3 heterocycles. The number of nitrogens with one attached hydrogen (secondary N) is 1. The van der Waals surface area contributed by atoms with E-state index in [1.165, 1.54) is 12.5 Å². The molecule has 1 fully saturated rings. The predicted molar refractivity (Wildman–Crippen MR) is 99.7 cm³/mol. The summed E-state index contributed by atoms with van der Waals surface area (Å²) in [7, 11) is 0. The third-order valence-electron chi connectivity index (χ3n) is 5.45. The van der Waals surface area contributed by atoms with Crippen LogP contribution in [0.5, 0.6) is 0 Å². The lowest BCUT2D eigenvalue weighted by Gasteiger charge is -2.36. The van der Waals surface area contributed by atoms with E-state index in [0.717, 1.165) is 5.56 Å². The zero-order chi connectivity index (χ0) is 19.7. The van der Waals surface area contributed by atoms with E-state index in [0.29, 0.717) is 43.5 Å². The van der Waals surface area contributed by atoms with Crippen molar-refractivity contribution in [2.45, 2.75) is 37.8 Å². The number of hydrogen-bond donors (Lipinski definition) is 1. The largest absolute Gasteiger partial charge is 0.472 e. The molecule has 2 aromatic rings. The number of furan rings is 1. The number of rotatable bonds is 3. The fourth-order valence-electron chi connectivity index (χ4n) is 3.79. The third-order valence-corrected chi connectivity index (χ3v) is 5.45. The Bertz CT molecular complexity index is 899. The summed E-state index contributed by atoms with van der Waals surface area (Å²) in [6.07, 6.45) is 4.56.